The fraction of sp³-hybridized carbons (Fsp3) is 0.318. The van der Waals surface area contributed by atoms with Crippen LogP contribution in [0.4, 0.5) is 5.69 Å². The number of aryl methyl sites for hydroxylation is 1. The normalized spacial score (nSPS) is 15.3. The van der Waals surface area contributed by atoms with Crippen molar-refractivity contribution in [1.29, 1.82) is 0 Å². The number of rotatable bonds is 6. The third-order valence-electron chi connectivity index (χ3n) is 4.97. The molecule has 1 amide bonds. The molecule has 0 aliphatic carbocycles. The lowest BCUT2D eigenvalue weighted by molar-refractivity contribution is -0.124. The van der Waals surface area contributed by atoms with Gasteiger partial charge in [0.1, 0.15) is 0 Å². The van der Waals surface area contributed by atoms with E-state index >= 15 is 0 Å². The van der Waals surface area contributed by atoms with E-state index in [2.05, 4.69) is 47.5 Å². The fourth-order valence-corrected chi connectivity index (χ4v) is 3.53. The predicted octanol–water partition coefficient (Wildman–Crippen LogP) is 3.27. The van der Waals surface area contributed by atoms with Crippen LogP contribution in [0.1, 0.15) is 29.5 Å². The van der Waals surface area contributed by atoms with Crippen LogP contribution in [0.2, 0.25) is 0 Å². The van der Waals surface area contributed by atoms with Gasteiger partial charge in [-0.1, -0.05) is 48.0 Å². The number of carbonyl (C=O) groups excluding carboxylic acids is 1. The molecule has 2 aromatic carbocycles. The zero-order chi connectivity index (χ0) is 19.1. The molecule has 0 radical (unpaired) electrons. The van der Waals surface area contributed by atoms with Gasteiger partial charge >= 0.3 is 0 Å². The lowest BCUT2D eigenvalue weighted by Crippen LogP contribution is -2.42. The highest BCUT2D eigenvalue weighted by Crippen LogP contribution is 2.25. The van der Waals surface area contributed by atoms with Gasteiger partial charge in [-0.05, 0) is 43.0 Å². The molecule has 0 saturated carbocycles. The first-order valence-electron chi connectivity index (χ1n) is 9.41. The molecule has 1 fully saturated rings. The molecule has 0 unspecified atom stereocenters. The van der Waals surface area contributed by atoms with Crippen molar-refractivity contribution in [2.75, 3.05) is 18.0 Å². The number of para-hydroxylation sites is 1. The molecule has 0 spiro atoms. The van der Waals surface area contributed by atoms with Crippen LogP contribution in [0, 0.1) is 6.92 Å². The second-order valence-corrected chi connectivity index (χ2v) is 7.00. The molecular formula is C22H27N3O2. The average Bonchev–Trinajstić information content (AvgIpc) is 2.71. The van der Waals surface area contributed by atoms with Gasteiger partial charge in [-0.25, -0.2) is 5.48 Å². The number of piperidine rings is 1. The molecule has 142 valence electrons. The van der Waals surface area contributed by atoms with Crippen LogP contribution in [0.5, 0.6) is 0 Å². The molecule has 0 atom stereocenters. The monoisotopic (exact) mass is 365 g/mol. The van der Waals surface area contributed by atoms with Crippen molar-refractivity contribution in [2.24, 2.45) is 0 Å². The Morgan fingerprint density at radius 3 is 2.70 bits per heavy atom. The summed E-state index contributed by atoms with van der Waals surface area (Å²) in [5, 5.41) is 12.3. The molecule has 0 aromatic heterocycles. The maximum absolute atomic E-state index is 11.3. The number of amides is 1. The predicted molar refractivity (Wildman–Crippen MR) is 109 cm³/mol. The SMILES string of the molecule is Cc1cccc(CNC2CCN(c3ccccc3C=CC(=O)NO)CC2)c1. The number of carbonyl (C=O) groups is 1. The van der Waals surface area contributed by atoms with Crippen LogP contribution in [0.25, 0.3) is 6.08 Å². The van der Waals surface area contributed by atoms with E-state index in [-0.39, 0.29) is 0 Å². The van der Waals surface area contributed by atoms with E-state index in [1.54, 1.807) is 11.6 Å². The summed E-state index contributed by atoms with van der Waals surface area (Å²) in [5.74, 6) is -0.524. The Kier molecular flexibility index (Phi) is 6.63. The quantitative estimate of drug-likeness (QED) is 0.418. The molecule has 5 nitrogen and oxygen atoms in total. The lowest BCUT2D eigenvalue weighted by Gasteiger charge is -2.35. The molecule has 2 aromatic rings. The first-order valence-corrected chi connectivity index (χ1v) is 9.41. The number of nitrogens with zero attached hydrogens (tertiary/aromatic N) is 1. The van der Waals surface area contributed by atoms with Crippen LogP contribution < -0.4 is 15.7 Å². The van der Waals surface area contributed by atoms with Crippen molar-refractivity contribution in [2.45, 2.75) is 32.4 Å². The minimum Gasteiger partial charge on any atom is -0.371 e. The number of benzene rings is 2. The number of anilines is 1. The van der Waals surface area contributed by atoms with E-state index < -0.39 is 5.91 Å². The minimum atomic E-state index is -0.524. The maximum atomic E-state index is 11.3. The van der Waals surface area contributed by atoms with Gasteiger partial charge in [0.15, 0.2) is 0 Å². The van der Waals surface area contributed by atoms with E-state index in [4.69, 9.17) is 5.21 Å². The molecule has 1 aliphatic heterocycles. The molecule has 3 rings (SSSR count). The van der Waals surface area contributed by atoms with Crippen molar-refractivity contribution in [3.63, 3.8) is 0 Å². The number of hydrogen-bond acceptors (Lipinski definition) is 4. The smallest absolute Gasteiger partial charge is 0.267 e. The van der Waals surface area contributed by atoms with E-state index in [1.807, 2.05) is 18.2 Å². The second-order valence-electron chi connectivity index (χ2n) is 7.00. The van der Waals surface area contributed by atoms with Gasteiger partial charge in [0, 0.05) is 37.4 Å². The van der Waals surface area contributed by atoms with Crippen molar-refractivity contribution in [1.82, 2.24) is 10.8 Å². The maximum Gasteiger partial charge on any atom is 0.267 e. The van der Waals surface area contributed by atoms with E-state index in [0.717, 1.165) is 43.7 Å². The van der Waals surface area contributed by atoms with E-state index in [1.165, 1.54) is 17.2 Å². The highest BCUT2D eigenvalue weighted by atomic mass is 16.5. The topological polar surface area (TPSA) is 64.6 Å². The van der Waals surface area contributed by atoms with Crippen molar-refractivity contribution in [3.05, 3.63) is 71.3 Å². The summed E-state index contributed by atoms with van der Waals surface area (Å²) in [6, 6.07) is 17.2. The molecule has 3 N–H and O–H groups in total. The summed E-state index contributed by atoms with van der Waals surface area (Å²) in [6.07, 6.45) is 5.25. The van der Waals surface area contributed by atoms with Crippen LogP contribution in [-0.4, -0.2) is 30.2 Å². The van der Waals surface area contributed by atoms with Crippen molar-refractivity contribution < 1.29 is 10.0 Å². The summed E-state index contributed by atoms with van der Waals surface area (Å²) in [4.78, 5) is 13.6. The Morgan fingerprint density at radius 1 is 1.19 bits per heavy atom. The second kappa shape index (κ2) is 9.35. The van der Waals surface area contributed by atoms with Gasteiger partial charge in [0.25, 0.3) is 5.91 Å². The van der Waals surface area contributed by atoms with Gasteiger partial charge in [0.05, 0.1) is 0 Å². The molecular weight excluding hydrogens is 338 g/mol. The first-order chi connectivity index (χ1) is 13.2. The number of hydrogen-bond donors (Lipinski definition) is 3. The van der Waals surface area contributed by atoms with Gasteiger partial charge in [-0.15, -0.1) is 0 Å². The Morgan fingerprint density at radius 2 is 1.96 bits per heavy atom. The molecule has 1 saturated heterocycles. The molecule has 0 bridgehead atoms. The molecule has 1 aliphatic rings. The van der Waals surface area contributed by atoms with Gasteiger partial charge in [-0.3, -0.25) is 10.0 Å². The Hall–Kier alpha value is -2.63. The van der Waals surface area contributed by atoms with Crippen molar-refractivity contribution in [3.8, 4) is 0 Å². The Bertz CT molecular complexity index is 796. The van der Waals surface area contributed by atoms with E-state index in [9.17, 15) is 4.79 Å². The number of nitrogens with one attached hydrogen (secondary N) is 2. The summed E-state index contributed by atoms with van der Waals surface area (Å²) in [5.41, 5.74) is 6.35. The summed E-state index contributed by atoms with van der Waals surface area (Å²) < 4.78 is 0. The molecule has 1 heterocycles. The summed E-state index contributed by atoms with van der Waals surface area (Å²) in [7, 11) is 0. The Balaban J connectivity index is 1.56. The van der Waals surface area contributed by atoms with Crippen LogP contribution >= 0.6 is 0 Å². The average molecular weight is 365 g/mol. The third kappa shape index (κ3) is 5.42. The summed E-state index contributed by atoms with van der Waals surface area (Å²) in [6.45, 7) is 4.98. The molecule has 5 heteroatoms. The van der Waals surface area contributed by atoms with Crippen LogP contribution in [0.15, 0.2) is 54.6 Å². The van der Waals surface area contributed by atoms with E-state index in [0.29, 0.717) is 6.04 Å². The highest BCUT2D eigenvalue weighted by molar-refractivity contribution is 5.91. The highest BCUT2D eigenvalue weighted by Gasteiger charge is 2.20. The largest absolute Gasteiger partial charge is 0.371 e. The Labute approximate surface area is 160 Å². The zero-order valence-electron chi connectivity index (χ0n) is 15.7. The van der Waals surface area contributed by atoms with Gasteiger partial charge in [-0.2, -0.15) is 0 Å². The standard InChI is InChI=1S/C22H27N3O2/c1-17-5-4-6-18(15-17)16-23-20-11-13-25(14-12-20)21-8-3-2-7-19(21)9-10-22(26)24-27/h2-10,15,20,23,27H,11-14,16H2,1H3,(H,24,26). The van der Waals surface area contributed by atoms with Gasteiger partial charge in [0.2, 0.25) is 0 Å². The van der Waals surface area contributed by atoms with Crippen molar-refractivity contribution >= 4 is 17.7 Å². The zero-order valence-corrected chi connectivity index (χ0v) is 15.7. The fourth-order valence-electron chi connectivity index (χ4n) is 3.53. The summed E-state index contributed by atoms with van der Waals surface area (Å²) >= 11 is 0. The minimum absolute atomic E-state index is 0.518. The van der Waals surface area contributed by atoms with Crippen LogP contribution in [0.3, 0.4) is 0 Å². The lowest BCUT2D eigenvalue weighted by atomic mass is 10.0. The third-order valence-corrected chi connectivity index (χ3v) is 4.97. The van der Waals surface area contributed by atoms with Crippen LogP contribution in [-0.2, 0) is 11.3 Å². The molecule has 27 heavy (non-hydrogen) atoms. The number of hydroxylamine groups is 1. The first kappa shape index (κ1) is 19.1. The van der Waals surface area contributed by atoms with Gasteiger partial charge < -0.3 is 10.2 Å².